The highest BCUT2D eigenvalue weighted by molar-refractivity contribution is 7.90. The number of ether oxygens (including phenoxy) is 1. The standard InChI is InChI=1S/C22H24N4O5S/c1-2-31-22(28)26-13-11-17(12-14-26)24-21(27)15-7-9-16(10-8-15)23-20-18-5-3-4-6-19(18)32(29,30)25-20/h3-10,17H,2,11-14H2,1H3,(H,23,25)(H,24,27). The molecule has 2 aliphatic rings. The van der Waals surface area contributed by atoms with Gasteiger partial charge in [0, 0.05) is 35.9 Å². The van der Waals surface area contributed by atoms with Crippen LogP contribution in [0.25, 0.3) is 0 Å². The van der Waals surface area contributed by atoms with Crippen molar-refractivity contribution in [2.24, 2.45) is 4.40 Å². The number of nitrogens with one attached hydrogen (secondary N) is 2. The van der Waals surface area contributed by atoms with Crippen LogP contribution in [0.5, 0.6) is 0 Å². The van der Waals surface area contributed by atoms with E-state index in [2.05, 4.69) is 15.0 Å². The monoisotopic (exact) mass is 456 g/mol. The SMILES string of the molecule is CCOC(=O)N1CCC(NC(=O)c2ccc(NC3=NS(=O)(=O)c4ccccc43)cc2)CC1. The van der Waals surface area contributed by atoms with E-state index in [-0.39, 0.29) is 28.8 Å². The normalized spacial score (nSPS) is 17.3. The summed E-state index contributed by atoms with van der Waals surface area (Å²) in [5.41, 5.74) is 1.63. The molecule has 2 heterocycles. The van der Waals surface area contributed by atoms with Crippen LogP contribution in [-0.2, 0) is 14.8 Å². The first-order chi connectivity index (χ1) is 15.4. The molecule has 168 valence electrons. The van der Waals surface area contributed by atoms with Gasteiger partial charge in [0.25, 0.3) is 15.9 Å². The van der Waals surface area contributed by atoms with E-state index >= 15 is 0 Å². The molecule has 2 aromatic rings. The van der Waals surface area contributed by atoms with Crippen molar-refractivity contribution >= 4 is 33.5 Å². The lowest BCUT2D eigenvalue weighted by Crippen LogP contribution is -2.46. The van der Waals surface area contributed by atoms with Gasteiger partial charge in [-0.05, 0) is 56.2 Å². The summed E-state index contributed by atoms with van der Waals surface area (Å²) in [6, 6.07) is 13.4. The summed E-state index contributed by atoms with van der Waals surface area (Å²) in [7, 11) is -3.70. The van der Waals surface area contributed by atoms with Gasteiger partial charge in [-0.3, -0.25) is 4.79 Å². The van der Waals surface area contributed by atoms with Gasteiger partial charge < -0.3 is 20.3 Å². The summed E-state index contributed by atoms with van der Waals surface area (Å²) < 4.78 is 33.2. The average Bonchev–Trinajstić information content (AvgIpc) is 3.05. The van der Waals surface area contributed by atoms with E-state index in [4.69, 9.17) is 4.74 Å². The number of anilines is 1. The van der Waals surface area contributed by atoms with E-state index in [1.54, 1.807) is 54.3 Å². The summed E-state index contributed by atoms with van der Waals surface area (Å²) in [5.74, 6) is 0.0587. The number of amidine groups is 1. The van der Waals surface area contributed by atoms with Crippen LogP contribution in [-0.4, -0.2) is 56.9 Å². The zero-order valence-corrected chi connectivity index (χ0v) is 18.4. The molecule has 2 amide bonds. The fourth-order valence-corrected chi connectivity index (χ4v) is 4.90. The number of hydrogen-bond acceptors (Lipinski definition) is 6. The van der Waals surface area contributed by atoms with Crippen LogP contribution >= 0.6 is 0 Å². The Labute approximate surface area is 186 Å². The van der Waals surface area contributed by atoms with Crippen molar-refractivity contribution in [1.29, 1.82) is 0 Å². The van der Waals surface area contributed by atoms with Crippen LogP contribution < -0.4 is 10.6 Å². The van der Waals surface area contributed by atoms with Gasteiger partial charge in [-0.25, -0.2) is 4.79 Å². The minimum absolute atomic E-state index is 0.0134. The van der Waals surface area contributed by atoms with Gasteiger partial charge in [0.1, 0.15) is 4.90 Å². The van der Waals surface area contributed by atoms with Crippen molar-refractivity contribution in [3.05, 3.63) is 59.7 Å². The Morgan fingerprint density at radius 3 is 2.47 bits per heavy atom. The summed E-state index contributed by atoms with van der Waals surface area (Å²) in [4.78, 5) is 26.2. The van der Waals surface area contributed by atoms with Gasteiger partial charge in [-0.1, -0.05) is 12.1 Å². The number of carbonyl (C=O) groups is 2. The third kappa shape index (κ3) is 4.59. The Morgan fingerprint density at radius 2 is 1.78 bits per heavy atom. The predicted molar refractivity (Wildman–Crippen MR) is 119 cm³/mol. The lowest BCUT2D eigenvalue weighted by molar-refractivity contribution is 0.0860. The van der Waals surface area contributed by atoms with Crippen molar-refractivity contribution in [3.63, 3.8) is 0 Å². The molecule has 0 spiro atoms. The van der Waals surface area contributed by atoms with Crippen LogP contribution in [0.3, 0.4) is 0 Å². The zero-order valence-electron chi connectivity index (χ0n) is 17.6. The summed E-state index contributed by atoms with van der Waals surface area (Å²) in [6.45, 7) is 3.20. The zero-order chi connectivity index (χ0) is 22.7. The second kappa shape index (κ2) is 8.99. The number of rotatable bonds is 4. The quantitative estimate of drug-likeness (QED) is 0.730. The molecule has 1 saturated heterocycles. The second-order valence-electron chi connectivity index (χ2n) is 7.55. The summed E-state index contributed by atoms with van der Waals surface area (Å²) in [5, 5.41) is 6.02. The molecule has 0 unspecified atom stereocenters. The van der Waals surface area contributed by atoms with Gasteiger partial charge in [0.15, 0.2) is 5.84 Å². The van der Waals surface area contributed by atoms with Crippen LogP contribution in [0.1, 0.15) is 35.7 Å². The minimum Gasteiger partial charge on any atom is -0.450 e. The number of carbonyl (C=O) groups excluding carboxylic acids is 2. The Bertz CT molecular complexity index is 1150. The van der Waals surface area contributed by atoms with Gasteiger partial charge in [0.05, 0.1) is 6.61 Å². The molecule has 0 bridgehead atoms. The van der Waals surface area contributed by atoms with E-state index in [9.17, 15) is 18.0 Å². The lowest BCUT2D eigenvalue weighted by atomic mass is 10.0. The van der Waals surface area contributed by atoms with Crippen molar-refractivity contribution in [2.45, 2.75) is 30.7 Å². The Balaban J connectivity index is 1.35. The molecule has 2 N–H and O–H groups in total. The third-order valence-electron chi connectivity index (χ3n) is 5.40. The third-order valence-corrected chi connectivity index (χ3v) is 6.73. The Morgan fingerprint density at radius 1 is 1.09 bits per heavy atom. The highest BCUT2D eigenvalue weighted by Crippen LogP contribution is 2.26. The van der Waals surface area contributed by atoms with Crippen LogP contribution in [0.2, 0.25) is 0 Å². The van der Waals surface area contributed by atoms with Gasteiger partial charge in [-0.2, -0.15) is 8.42 Å². The maximum absolute atomic E-state index is 12.6. The Hall–Kier alpha value is -3.40. The molecular formula is C22H24N4O5S. The smallest absolute Gasteiger partial charge is 0.409 e. The predicted octanol–water partition coefficient (Wildman–Crippen LogP) is 2.60. The molecule has 32 heavy (non-hydrogen) atoms. The molecule has 2 aliphatic heterocycles. The molecule has 9 nitrogen and oxygen atoms in total. The largest absolute Gasteiger partial charge is 0.450 e. The maximum Gasteiger partial charge on any atom is 0.409 e. The number of nitrogens with zero attached hydrogens (tertiary/aromatic N) is 2. The van der Waals surface area contributed by atoms with E-state index in [1.807, 2.05) is 0 Å². The van der Waals surface area contributed by atoms with E-state index < -0.39 is 10.0 Å². The number of benzene rings is 2. The van der Waals surface area contributed by atoms with Crippen LogP contribution in [0.4, 0.5) is 10.5 Å². The van der Waals surface area contributed by atoms with Crippen LogP contribution in [0, 0.1) is 0 Å². The number of sulfonamides is 1. The van der Waals surface area contributed by atoms with Gasteiger partial charge in [0.2, 0.25) is 0 Å². The maximum atomic E-state index is 12.6. The molecule has 1 fully saturated rings. The highest BCUT2D eigenvalue weighted by Gasteiger charge is 2.28. The Kier molecular flexibility index (Phi) is 6.13. The van der Waals surface area contributed by atoms with Crippen molar-refractivity contribution in [3.8, 4) is 0 Å². The first-order valence-corrected chi connectivity index (χ1v) is 11.9. The molecule has 0 radical (unpaired) electrons. The van der Waals surface area contributed by atoms with E-state index in [0.717, 1.165) is 0 Å². The molecule has 4 rings (SSSR count). The minimum atomic E-state index is -3.70. The molecule has 0 atom stereocenters. The molecule has 0 saturated carbocycles. The second-order valence-corrected chi connectivity index (χ2v) is 9.12. The molecule has 0 aliphatic carbocycles. The molecule has 0 aromatic heterocycles. The summed E-state index contributed by atoms with van der Waals surface area (Å²) in [6.07, 6.45) is 1.01. The van der Waals surface area contributed by atoms with Crippen molar-refractivity contribution in [2.75, 3.05) is 25.0 Å². The highest BCUT2D eigenvalue weighted by atomic mass is 32.2. The first kappa shape index (κ1) is 21.8. The molecular weight excluding hydrogens is 432 g/mol. The number of fused-ring (bicyclic) bond motifs is 1. The van der Waals surface area contributed by atoms with Gasteiger partial charge in [-0.15, -0.1) is 4.40 Å². The van der Waals surface area contributed by atoms with Gasteiger partial charge >= 0.3 is 6.09 Å². The fourth-order valence-electron chi connectivity index (χ4n) is 3.73. The van der Waals surface area contributed by atoms with E-state index in [1.165, 1.54) is 6.07 Å². The molecule has 2 aromatic carbocycles. The topological polar surface area (TPSA) is 117 Å². The van der Waals surface area contributed by atoms with Crippen molar-refractivity contribution in [1.82, 2.24) is 10.2 Å². The number of likely N-dealkylation sites (tertiary alicyclic amines) is 1. The van der Waals surface area contributed by atoms with E-state index in [0.29, 0.717) is 49.4 Å². The number of piperidine rings is 1. The number of amides is 2. The lowest BCUT2D eigenvalue weighted by Gasteiger charge is -2.31. The molecule has 10 heteroatoms. The average molecular weight is 457 g/mol. The number of hydrogen-bond donors (Lipinski definition) is 2. The van der Waals surface area contributed by atoms with Crippen molar-refractivity contribution < 1.29 is 22.7 Å². The summed E-state index contributed by atoms with van der Waals surface area (Å²) >= 11 is 0. The van der Waals surface area contributed by atoms with Crippen LogP contribution in [0.15, 0.2) is 57.8 Å². The first-order valence-electron chi connectivity index (χ1n) is 10.4. The fraction of sp³-hybridized carbons (Fsp3) is 0.318.